The highest BCUT2D eigenvalue weighted by atomic mass is 31.2. The van der Waals surface area contributed by atoms with Gasteiger partial charge in [-0.3, -0.25) is 14.2 Å². The van der Waals surface area contributed by atoms with Crippen LogP contribution in [0.5, 0.6) is 0 Å². The number of likely N-dealkylation sites (N-methyl/N-ethyl adjacent to an activating group) is 1. The van der Waals surface area contributed by atoms with Crippen LogP contribution in [0.3, 0.4) is 0 Å². The number of carbonyl (C=O) groups is 2. The molecule has 332 valence electrons. The Bertz CT molecular complexity index is 1430. The summed E-state index contributed by atoms with van der Waals surface area (Å²) in [7, 11) is 1.02. The fraction of sp³-hybridized carbons (Fsp3) is 0.542. The molecule has 0 rings (SSSR count). The molecule has 0 heterocycles. The number of ether oxygens (including phenoxy) is 2. The van der Waals surface area contributed by atoms with Gasteiger partial charge >= 0.3 is 11.9 Å². The molecule has 0 amide bonds. The lowest BCUT2D eigenvalue weighted by Crippen LogP contribution is -2.37. The van der Waals surface area contributed by atoms with Gasteiger partial charge in [-0.2, -0.15) is 0 Å². The maximum Gasteiger partial charge on any atom is 0.306 e. The Balaban J connectivity index is 4.68. The second-order valence-electron chi connectivity index (χ2n) is 14.8. The molecule has 0 bridgehead atoms. The Morgan fingerprint density at radius 3 is 1.71 bits per heavy atom. The van der Waals surface area contributed by atoms with Crippen molar-refractivity contribution >= 4 is 19.8 Å². The van der Waals surface area contributed by atoms with Gasteiger partial charge < -0.3 is 33.0 Å². The monoisotopic (exact) mass is 842 g/mol. The van der Waals surface area contributed by atoms with Crippen molar-refractivity contribution in [2.75, 3.05) is 47.5 Å². The van der Waals surface area contributed by atoms with Crippen molar-refractivity contribution in [3.05, 3.63) is 122 Å². The summed E-state index contributed by atoms with van der Waals surface area (Å²) in [6, 6.07) is 0. The van der Waals surface area contributed by atoms with Crippen LogP contribution < -0.4 is 4.89 Å². The van der Waals surface area contributed by atoms with E-state index in [9.17, 15) is 24.2 Å². The third kappa shape index (κ3) is 42.3. The summed E-state index contributed by atoms with van der Waals surface area (Å²) < 4.78 is 33.6. The summed E-state index contributed by atoms with van der Waals surface area (Å²) in [6.07, 6.45) is 49.8. The first-order valence-corrected chi connectivity index (χ1v) is 22.8. The summed E-state index contributed by atoms with van der Waals surface area (Å²) >= 11 is 0. The fourth-order valence-electron chi connectivity index (χ4n) is 4.75. The van der Waals surface area contributed by atoms with Gasteiger partial charge in [0, 0.05) is 12.8 Å². The topological polar surface area (TPSA) is 131 Å². The van der Waals surface area contributed by atoms with E-state index in [0.29, 0.717) is 30.3 Å². The second-order valence-corrected chi connectivity index (χ2v) is 16.2. The van der Waals surface area contributed by atoms with Crippen LogP contribution >= 0.6 is 7.82 Å². The lowest BCUT2D eigenvalue weighted by Gasteiger charge is -2.28. The van der Waals surface area contributed by atoms with Gasteiger partial charge in [0.25, 0.3) is 7.82 Å². The van der Waals surface area contributed by atoms with Crippen molar-refractivity contribution in [1.82, 2.24) is 0 Å². The van der Waals surface area contributed by atoms with Crippen LogP contribution in [0.1, 0.15) is 110 Å². The number of aliphatic hydroxyl groups is 1. The Labute approximate surface area is 357 Å². The minimum absolute atomic E-state index is 0.0530. The van der Waals surface area contributed by atoms with Crippen molar-refractivity contribution < 1.29 is 47.2 Å². The van der Waals surface area contributed by atoms with Gasteiger partial charge in [0.1, 0.15) is 19.8 Å². The number of carbonyl (C=O) groups excluding carboxylic acids is 2. The number of hydrogen-bond donors (Lipinski definition) is 1. The molecule has 11 heteroatoms. The predicted octanol–water partition coefficient (Wildman–Crippen LogP) is 10.5. The molecular weight excluding hydrogens is 765 g/mol. The zero-order valence-corrected chi connectivity index (χ0v) is 37.6. The average Bonchev–Trinajstić information content (AvgIpc) is 3.18. The summed E-state index contributed by atoms with van der Waals surface area (Å²) in [4.78, 5) is 37.5. The molecular formula is C48H76NO9P. The lowest BCUT2D eigenvalue weighted by atomic mass is 10.2. The van der Waals surface area contributed by atoms with Gasteiger partial charge in [-0.05, 0) is 83.5 Å². The van der Waals surface area contributed by atoms with E-state index < -0.39 is 38.6 Å². The number of phosphoric ester groups is 1. The molecule has 10 nitrogen and oxygen atoms in total. The summed E-state index contributed by atoms with van der Waals surface area (Å²) in [5, 5.41) is 10.2. The van der Waals surface area contributed by atoms with Crippen LogP contribution in [0.4, 0.5) is 0 Å². The normalized spacial score (nSPS) is 15.3. The molecule has 0 fully saturated rings. The molecule has 0 saturated heterocycles. The minimum atomic E-state index is -4.69. The molecule has 1 N–H and O–H groups in total. The SMILES string of the molecule is CC/C=C\C/C=C\C/C=C\C/C=C\C=C/C(O)C/C=C\CCC(=O)OC[C@H](COP(=O)([O-])OCC[N+](C)(C)C)OC(=O)CCCC/C=C\C/C=C\C/C=C\C/C=C\CC. The highest BCUT2D eigenvalue weighted by Crippen LogP contribution is 2.38. The Kier molecular flexibility index (Phi) is 36.2. The second kappa shape index (κ2) is 38.6. The van der Waals surface area contributed by atoms with E-state index in [1.54, 1.807) is 18.2 Å². The number of unbranched alkanes of at least 4 members (excludes halogenated alkanes) is 2. The number of hydrogen-bond acceptors (Lipinski definition) is 9. The Morgan fingerprint density at radius 2 is 1.15 bits per heavy atom. The summed E-state index contributed by atoms with van der Waals surface area (Å²) in [5.41, 5.74) is 0. The maximum atomic E-state index is 12.6. The number of allylic oxidation sites excluding steroid dienone is 18. The van der Waals surface area contributed by atoms with Crippen molar-refractivity contribution in [1.29, 1.82) is 0 Å². The van der Waals surface area contributed by atoms with Crippen molar-refractivity contribution in [2.45, 2.75) is 122 Å². The van der Waals surface area contributed by atoms with Crippen LogP contribution in [0, 0.1) is 0 Å². The fourth-order valence-corrected chi connectivity index (χ4v) is 5.48. The standard InChI is InChI=1S/C48H76NO9P/c1-6-8-10-12-14-16-18-20-21-23-25-27-29-31-35-40-48(52)58-46(44-57-59(53,54)56-42-41-49(3,4)5)43-55-47(51)39-36-32-34-38-45(50)37-33-30-28-26-24-22-19-17-15-13-11-9-7-2/h8-11,14-17,20-22,24-25,27-28,30,32-34,37,45-46,50H,6-7,12-13,18-19,23,26,29,31,35-36,38-44H2,1-5H3/b10-8-,11-9-,16-14-,17-15-,21-20-,24-22-,27-25-,30-28-,34-32-,37-33-/t45?,46-/m1/s1. The molecule has 3 atom stereocenters. The van der Waals surface area contributed by atoms with Gasteiger partial charge in [-0.15, -0.1) is 0 Å². The smallest absolute Gasteiger partial charge is 0.306 e. The maximum absolute atomic E-state index is 12.6. The molecule has 0 aliphatic rings. The predicted molar refractivity (Wildman–Crippen MR) is 241 cm³/mol. The highest BCUT2D eigenvalue weighted by Gasteiger charge is 2.21. The number of nitrogens with zero attached hydrogens (tertiary/aromatic N) is 1. The first-order valence-electron chi connectivity index (χ1n) is 21.4. The third-order valence-electron chi connectivity index (χ3n) is 8.07. The molecule has 0 aromatic heterocycles. The average molecular weight is 842 g/mol. The number of rotatable bonds is 36. The molecule has 0 saturated carbocycles. The Morgan fingerprint density at radius 1 is 0.627 bits per heavy atom. The Hall–Kier alpha value is -3.63. The molecule has 0 aromatic rings. The molecule has 0 aliphatic carbocycles. The van der Waals surface area contributed by atoms with E-state index in [4.69, 9.17) is 18.5 Å². The minimum Gasteiger partial charge on any atom is -0.756 e. The van der Waals surface area contributed by atoms with Crippen molar-refractivity contribution in [2.24, 2.45) is 0 Å². The van der Waals surface area contributed by atoms with E-state index in [-0.39, 0.29) is 26.1 Å². The molecule has 59 heavy (non-hydrogen) atoms. The van der Waals surface area contributed by atoms with Crippen LogP contribution in [-0.2, 0) is 32.7 Å². The molecule has 0 radical (unpaired) electrons. The first-order chi connectivity index (χ1) is 28.4. The molecule has 0 spiro atoms. The number of aliphatic hydroxyl groups excluding tert-OH is 1. The molecule has 0 aromatic carbocycles. The van der Waals surface area contributed by atoms with E-state index in [0.717, 1.165) is 64.2 Å². The number of phosphoric acid groups is 1. The largest absolute Gasteiger partial charge is 0.756 e. The molecule has 0 aliphatic heterocycles. The van der Waals surface area contributed by atoms with E-state index >= 15 is 0 Å². The van der Waals surface area contributed by atoms with Crippen molar-refractivity contribution in [3.63, 3.8) is 0 Å². The van der Waals surface area contributed by atoms with Crippen LogP contribution in [0.15, 0.2) is 122 Å². The van der Waals surface area contributed by atoms with E-state index in [1.807, 2.05) is 39.4 Å². The van der Waals surface area contributed by atoms with Gasteiger partial charge in [-0.25, -0.2) is 0 Å². The van der Waals surface area contributed by atoms with E-state index in [1.165, 1.54) is 0 Å². The molecule has 2 unspecified atom stereocenters. The zero-order valence-electron chi connectivity index (χ0n) is 36.7. The van der Waals surface area contributed by atoms with Crippen LogP contribution in [0.25, 0.3) is 0 Å². The van der Waals surface area contributed by atoms with Crippen molar-refractivity contribution in [3.8, 4) is 0 Å². The highest BCUT2D eigenvalue weighted by molar-refractivity contribution is 7.45. The van der Waals surface area contributed by atoms with Crippen LogP contribution in [0.2, 0.25) is 0 Å². The van der Waals surface area contributed by atoms with Gasteiger partial charge in [0.05, 0.1) is 33.9 Å². The summed E-state index contributed by atoms with van der Waals surface area (Å²) in [6.45, 7) is 3.70. The zero-order chi connectivity index (χ0) is 43.7. The van der Waals surface area contributed by atoms with Gasteiger partial charge in [0.2, 0.25) is 0 Å². The van der Waals surface area contributed by atoms with E-state index in [2.05, 4.69) is 98.9 Å². The summed E-state index contributed by atoms with van der Waals surface area (Å²) in [5.74, 6) is -1.08. The quantitative estimate of drug-likeness (QED) is 0.0164. The van der Waals surface area contributed by atoms with Gasteiger partial charge in [0.15, 0.2) is 6.10 Å². The number of esters is 2. The number of quaternary nitrogens is 1. The lowest BCUT2D eigenvalue weighted by molar-refractivity contribution is -0.870. The van der Waals surface area contributed by atoms with Crippen LogP contribution in [-0.4, -0.2) is 81.2 Å². The third-order valence-corrected chi connectivity index (χ3v) is 9.04. The van der Waals surface area contributed by atoms with Gasteiger partial charge in [-0.1, -0.05) is 135 Å². The first kappa shape index (κ1) is 55.4.